The lowest BCUT2D eigenvalue weighted by molar-refractivity contribution is 0.0746. The van der Waals surface area contributed by atoms with E-state index in [0.717, 1.165) is 10.2 Å². The van der Waals surface area contributed by atoms with E-state index in [2.05, 4.69) is 20.8 Å². The molecular weight excluding hydrogens is 347 g/mol. The molecule has 114 valence electrons. The van der Waals surface area contributed by atoms with Gasteiger partial charge in [0.05, 0.1) is 0 Å². The van der Waals surface area contributed by atoms with Gasteiger partial charge in [-0.3, -0.25) is 4.79 Å². The van der Waals surface area contributed by atoms with Gasteiger partial charge in [-0.15, -0.1) is 0 Å². The highest BCUT2D eigenvalue weighted by Crippen LogP contribution is 2.19. The number of nitrogens with zero attached hydrogens (tertiary/aromatic N) is 2. The summed E-state index contributed by atoms with van der Waals surface area (Å²) in [5, 5.41) is 0. The summed E-state index contributed by atoms with van der Waals surface area (Å²) in [7, 11) is 0. The zero-order valence-corrected chi connectivity index (χ0v) is 13.6. The van der Waals surface area contributed by atoms with E-state index < -0.39 is 0 Å². The summed E-state index contributed by atoms with van der Waals surface area (Å²) in [6.45, 7) is 2.70. The molecule has 0 saturated carbocycles. The van der Waals surface area contributed by atoms with Crippen LogP contribution < -0.4 is 4.90 Å². The third kappa shape index (κ3) is 3.30. The Balaban J connectivity index is 1.65. The van der Waals surface area contributed by atoms with Crippen LogP contribution in [-0.4, -0.2) is 37.0 Å². The summed E-state index contributed by atoms with van der Waals surface area (Å²) in [5.41, 5.74) is 1.56. The van der Waals surface area contributed by atoms with Crippen molar-refractivity contribution in [2.24, 2.45) is 0 Å². The molecular formula is C17H16BrFN2O. The van der Waals surface area contributed by atoms with Gasteiger partial charge in [0, 0.05) is 41.9 Å². The summed E-state index contributed by atoms with van der Waals surface area (Å²) in [4.78, 5) is 16.4. The topological polar surface area (TPSA) is 23.6 Å². The van der Waals surface area contributed by atoms with Crippen molar-refractivity contribution in [3.63, 3.8) is 0 Å². The molecule has 2 aromatic rings. The zero-order valence-electron chi connectivity index (χ0n) is 12.0. The maximum atomic E-state index is 13.3. The van der Waals surface area contributed by atoms with E-state index in [9.17, 15) is 9.18 Å². The first kappa shape index (κ1) is 15.0. The molecule has 0 spiro atoms. The van der Waals surface area contributed by atoms with E-state index in [0.29, 0.717) is 31.7 Å². The highest BCUT2D eigenvalue weighted by molar-refractivity contribution is 9.10. The average molecular weight is 363 g/mol. The van der Waals surface area contributed by atoms with Gasteiger partial charge in [-0.25, -0.2) is 4.39 Å². The standard InChI is InChI=1S/C17H16BrFN2O/c18-14-4-1-3-13(11-14)17(22)21-9-7-20(8-10-21)16-6-2-5-15(19)12-16/h1-6,11-12H,7-10H2. The van der Waals surface area contributed by atoms with Gasteiger partial charge in [0.1, 0.15) is 5.82 Å². The van der Waals surface area contributed by atoms with Gasteiger partial charge in [0.25, 0.3) is 5.91 Å². The maximum Gasteiger partial charge on any atom is 0.254 e. The van der Waals surface area contributed by atoms with Crippen LogP contribution in [0, 0.1) is 5.82 Å². The second-order valence-electron chi connectivity index (χ2n) is 5.27. The lowest BCUT2D eigenvalue weighted by Crippen LogP contribution is -2.48. The molecule has 3 rings (SSSR count). The van der Waals surface area contributed by atoms with Crippen molar-refractivity contribution in [2.45, 2.75) is 0 Å². The second kappa shape index (κ2) is 6.48. The first-order chi connectivity index (χ1) is 10.6. The minimum absolute atomic E-state index is 0.0418. The predicted octanol–water partition coefficient (Wildman–Crippen LogP) is 3.55. The van der Waals surface area contributed by atoms with E-state index in [1.807, 2.05) is 35.2 Å². The number of benzene rings is 2. The van der Waals surface area contributed by atoms with E-state index in [1.54, 1.807) is 6.07 Å². The Morgan fingerprint density at radius 1 is 1.00 bits per heavy atom. The summed E-state index contributed by atoms with van der Waals surface area (Å²) < 4.78 is 14.2. The fourth-order valence-electron chi connectivity index (χ4n) is 2.64. The van der Waals surface area contributed by atoms with Crippen LogP contribution in [0.4, 0.5) is 10.1 Å². The van der Waals surface area contributed by atoms with Crippen LogP contribution in [0.1, 0.15) is 10.4 Å². The van der Waals surface area contributed by atoms with Crippen molar-refractivity contribution in [2.75, 3.05) is 31.1 Å². The molecule has 0 bridgehead atoms. The van der Waals surface area contributed by atoms with Gasteiger partial charge in [0.15, 0.2) is 0 Å². The van der Waals surface area contributed by atoms with E-state index >= 15 is 0 Å². The molecule has 1 aliphatic rings. The molecule has 1 aliphatic heterocycles. The fourth-order valence-corrected chi connectivity index (χ4v) is 3.04. The Hall–Kier alpha value is -1.88. The molecule has 3 nitrogen and oxygen atoms in total. The number of anilines is 1. The zero-order chi connectivity index (χ0) is 15.5. The van der Waals surface area contributed by atoms with Crippen LogP contribution in [0.3, 0.4) is 0 Å². The first-order valence-electron chi connectivity index (χ1n) is 7.19. The number of piperazine rings is 1. The maximum absolute atomic E-state index is 13.3. The molecule has 1 fully saturated rings. The van der Waals surface area contributed by atoms with Gasteiger partial charge in [-0.2, -0.15) is 0 Å². The summed E-state index contributed by atoms with van der Waals surface area (Å²) in [6.07, 6.45) is 0. The highest BCUT2D eigenvalue weighted by Gasteiger charge is 2.22. The molecule has 1 heterocycles. The molecule has 5 heteroatoms. The summed E-state index contributed by atoms with van der Waals surface area (Å²) >= 11 is 3.39. The minimum Gasteiger partial charge on any atom is -0.368 e. The van der Waals surface area contributed by atoms with Crippen LogP contribution >= 0.6 is 15.9 Å². The van der Waals surface area contributed by atoms with Crippen molar-refractivity contribution < 1.29 is 9.18 Å². The molecule has 0 radical (unpaired) electrons. The minimum atomic E-state index is -0.231. The molecule has 1 saturated heterocycles. The lowest BCUT2D eigenvalue weighted by Gasteiger charge is -2.36. The molecule has 0 aromatic heterocycles. The van der Waals surface area contributed by atoms with Crippen LogP contribution in [0.15, 0.2) is 53.0 Å². The third-order valence-electron chi connectivity index (χ3n) is 3.81. The Kier molecular flexibility index (Phi) is 4.43. The molecule has 0 unspecified atom stereocenters. The largest absolute Gasteiger partial charge is 0.368 e. The van der Waals surface area contributed by atoms with Gasteiger partial charge in [-0.05, 0) is 36.4 Å². The molecule has 0 aliphatic carbocycles. The van der Waals surface area contributed by atoms with Crippen molar-refractivity contribution in [3.8, 4) is 0 Å². The van der Waals surface area contributed by atoms with Crippen molar-refractivity contribution in [1.82, 2.24) is 4.90 Å². The van der Waals surface area contributed by atoms with Crippen molar-refractivity contribution in [1.29, 1.82) is 0 Å². The van der Waals surface area contributed by atoms with Crippen LogP contribution in [0.25, 0.3) is 0 Å². The average Bonchev–Trinajstić information content (AvgIpc) is 2.54. The molecule has 0 N–H and O–H groups in total. The predicted molar refractivity (Wildman–Crippen MR) is 88.7 cm³/mol. The highest BCUT2D eigenvalue weighted by atomic mass is 79.9. The number of hydrogen-bond acceptors (Lipinski definition) is 2. The van der Waals surface area contributed by atoms with Crippen molar-refractivity contribution >= 4 is 27.5 Å². The molecule has 22 heavy (non-hydrogen) atoms. The first-order valence-corrected chi connectivity index (χ1v) is 7.98. The van der Waals surface area contributed by atoms with E-state index in [4.69, 9.17) is 0 Å². The number of amides is 1. The Morgan fingerprint density at radius 3 is 2.41 bits per heavy atom. The number of carbonyl (C=O) groups excluding carboxylic acids is 1. The van der Waals surface area contributed by atoms with Crippen LogP contribution in [-0.2, 0) is 0 Å². The number of rotatable bonds is 2. The number of halogens is 2. The van der Waals surface area contributed by atoms with Gasteiger partial charge in [-0.1, -0.05) is 28.1 Å². The molecule has 1 amide bonds. The Morgan fingerprint density at radius 2 is 1.73 bits per heavy atom. The van der Waals surface area contributed by atoms with Gasteiger partial charge >= 0.3 is 0 Å². The summed E-state index contributed by atoms with van der Waals surface area (Å²) in [6, 6.07) is 14.0. The molecule has 2 aromatic carbocycles. The monoisotopic (exact) mass is 362 g/mol. The quantitative estimate of drug-likeness (QED) is 0.815. The number of carbonyl (C=O) groups is 1. The smallest absolute Gasteiger partial charge is 0.254 e. The second-order valence-corrected chi connectivity index (χ2v) is 6.19. The Bertz CT molecular complexity index is 684. The summed E-state index contributed by atoms with van der Waals surface area (Å²) in [5.74, 6) is -0.190. The Labute approximate surface area is 137 Å². The number of hydrogen-bond donors (Lipinski definition) is 0. The lowest BCUT2D eigenvalue weighted by atomic mass is 10.1. The van der Waals surface area contributed by atoms with Crippen LogP contribution in [0.2, 0.25) is 0 Å². The SMILES string of the molecule is O=C(c1cccc(Br)c1)N1CCN(c2cccc(F)c2)CC1. The molecule has 0 atom stereocenters. The fraction of sp³-hybridized carbons (Fsp3) is 0.235. The third-order valence-corrected chi connectivity index (χ3v) is 4.31. The van der Waals surface area contributed by atoms with E-state index in [-0.39, 0.29) is 11.7 Å². The van der Waals surface area contributed by atoms with Gasteiger partial charge < -0.3 is 9.80 Å². The van der Waals surface area contributed by atoms with E-state index in [1.165, 1.54) is 12.1 Å². The van der Waals surface area contributed by atoms with Crippen molar-refractivity contribution in [3.05, 3.63) is 64.4 Å². The normalized spacial score (nSPS) is 15.0. The van der Waals surface area contributed by atoms with Gasteiger partial charge in [0.2, 0.25) is 0 Å². The van der Waals surface area contributed by atoms with Crippen LogP contribution in [0.5, 0.6) is 0 Å².